The molecule has 0 spiro atoms. The predicted octanol–water partition coefficient (Wildman–Crippen LogP) is 6.79. The highest BCUT2D eigenvalue weighted by atomic mass is 16.0. The van der Waals surface area contributed by atoms with Crippen LogP contribution in [0.25, 0.3) is 0 Å². The number of hydrogen-bond donors (Lipinski definition) is 0. The van der Waals surface area contributed by atoms with E-state index in [4.69, 9.17) is 0 Å². The minimum absolute atomic E-state index is 0. The van der Waals surface area contributed by atoms with E-state index in [0.29, 0.717) is 0 Å². The van der Waals surface area contributed by atoms with Crippen LogP contribution < -0.4 is 0 Å². The first-order valence-electron chi connectivity index (χ1n) is 10.7. The van der Waals surface area contributed by atoms with Gasteiger partial charge >= 0.3 is 0 Å². The topological polar surface area (TPSA) is 30.0 Å². The first-order valence-corrected chi connectivity index (χ1v) is 10.7. The van der Waals surface area contributed by atoms with Gasteiger partial charge in [0.1, 0.15) is 6.54 Å². The fourth-order valence-electron chi connectivity index (χ4n) is 4.07. The molecule has 0 aromatic heterocycles. The lowest BCUT2D eigenvalue weighted by Gasteiger charge is -2.39. The smallest absolute Gasteiger partial charge is 0.104 e. The predicted molar refractivity (Wildman–Crippen MR) is 110 cm³/mol. The largest absolute Gasteiger partial charge is 0.870 e. The van der Waals surface area contributed by atoms with Crippen molar-refractivity contribution in [3.63, 3.8) is 0 Å². The Hall–Kier alpha value is -0.860. The highest BCUT2D eigenvalue weighted by Gasteiger charge is 2.25. The molecule has 0 aliphatic rings. The molecule has 1 rings (SSSR count). The minimum atomic E-state index is 0. The third-order valence-electron chi connectivity index (χ3n) is 5.24. The fraction of sp³-hybridized carbons (Fsp3) is 0.739. The van der Waals surface area contributed by atoms with E-state index in [9.17, 15) is 0 Å². The van der Waals surface area contributed by atoms with Crippen LogP contribution in [-0.2, 0) is 6.54 Å². The van der Waals surface area contributed by atoms with Crippen molar-refractivity contribution in [1.29, 1.82) is 0 Å². The summed E-state index contributed by atoms with van der Waals surface area (Å²) in [7, 11) is 0. The molecule has 2 nitrogen and oxygen atoms in total. The number of unbranched alkanes of at least 4 members (excludes halogenated alkanes) is 7. The summed E-state index contributed by atoms with van der Waals surface area (Å²) in [5, 5.41) is 0. The molecule has 0 saturated heterocycles. The van der Waals surface area contributed by atoms with E-state index in [1.165, 1.54) is 100 Å². The molecule has 0 amide bonds. The highest BCUT2D eigenvalue weighted by Crippen LogP contribution is 2.19. The van der Waals surface area contributed by atoms with Crippen molar-refractivity contribution in [3.8, 4) is 0 Å². The average molecular weight is 350 g/mol. The van der Waals surface area contributed by atoms with Crippen molar-refractivity contribution in [2.75, 3.05) is 19.6 Å². The lowest BCUT2D eigenvalue weighted by atomic mass is 10.1. The molecule has 0 aliphatic carbocycles. The van der Waals surface area contributed by atoms with E-state index < -0.39 is 0 Å². The highest BCUT2D eigenvalue weighted by molar-refractivity contribution is 5.13. The first kappa shape index (κ1) is 24.1. The Morgan fingerprint density at radius 1 is 0.600 bits per heavy atom. The zero-order valence-electron chi connectivity index (χ0n) is 17.2. The molecule has 0 atom stereocenters. The Morgan fingerprint density at radius 2 is 1.12 bits per heavy atom. The summed E-state index contributed by atoms with van der Waals surface area (Å²) >= 11 is 0. The van der Waals surface area contributed by atoms with Crippen molar-refractivity contribution in [3.05, 3.63) is 35.9 Å². The third kappa shape index (κ3) is 10.7. The van der Waals surface area contributed by atoms with E-state index >= 15 is 0 Å². The molecule has 1 aromatic carbocycles. The number of rotatable bonds is 15. The second-order valence-corrected chi connectivity index (χ2v) is 7.63. The molecule has 0 bridgehead atoms. The molecule has 146 valence electrons. The van der Waals surface area contributed by atoms with Gasteiger partial charge in [0.2, 0.25) is 0 Å². The summed E-state index contributed by atoms with van der Waals surface area (Å²) in [5.74, 6) is 0. The van der Waals surface area contributed by atoms with Gasteiger partial charge in [-0.1, -0.05) is 89.6 Å². The number of quaternary nitrogens is 1. The quantitative estimate of drug-likeness (QED) is 0.253. The van der Waals surface area contributed by atoms with Gasteiger partial charge in [-0.2, -0.15) is 0 Å². The van der Waals surface area contributed by atoms with Gasteiger partial charge in [0, 0.05) is 5.56 Å². The zero-order valence-corrected chi connectivity index (χ0v) is 17.2. The summed E-state index contributed by atoms with van der Waals surface area (Å²) in [5.41, 5.74) is 1.51. The van der Waals surface area contributed by atoms with E-state index in [0.717, 1.165) is 0 Å². The van der Waals surface area contributed by atoms with Crippen LogP contribution in [-0.4, -0.2) is 29.6 Å². The number of hydrogen-bond acceptors (Lipinski definition) is 1. The van der Waals surface area contributed by atoms with Crippen molar-refractivity contribution in [2.45, 2.75) is 91.5 Å². The van der Waals surface area contributed by atoms with Gasteiger partial charge in [-0.25, -0.2) is 0 Å². The summed E-state index contributed by atoms with van der Waals surface area (Å²) < 4.78 is 1.30. The minimum Gasteiger partial charge on any atom is -0.870 e. The second-order valence-electron chi connectivity index (χ2n) is 7.63. The fourth-order valence-corrected chi connectivity index (χ4v) is 4.07. The van der Waals surface area contributed by atoms with Crippen LogP contribution in [0.15, 0.2) is 30.3 Å². The molecular formula is C23H43NO. The van der Waals surface area contributed by atoms with E-state index in [1.54, 1.807) is 0 Å². The van der Waals surface area contributed by atoms with Gasteiger partial charge in [-0.15, -0.1) is 0 Å². The van der Waals surface area contributed by atoms with Crippen molar-refractivity contribution < 1.29 is 9.96 Å². The van der Waals surface area contributed by atoms with Crippen LogP contribution in [0.5, 0.6) is 0 Å². The summed E-state index contributed by atoms with van der Waals surface area (Å²) in [6.45, 7) is 12.2. The molecule has 25 heavy (non-hydrogen) atoms. The lowest BCUT2D eigenvalue weighted by Crippen LogP contribution is -2.49. The van der Waals surface area contributed by atoms with Crippen molar-refractivity contribution in [1.82, 2.24) is 0 Å². The SMILES string of the molecule is CCCCCCCCCC[N+](CCC)(CCC)Cc1ccccc1.[OH-]. The normalized spacial score (nSPS) is 11.3. The Balaban J connectivity index is 0.00000576. The van der Waals surface area contributed by atoms with Crippen LogP contribution in [0, 0.1) is 0 Å². The molecule has 1 aromatic rings. The van der Waals surface area contributed by atoms with E-state index in [1.807, 2.05) is 0 Å². The van der Waals surface area contributed by atoms with Crippen molar-refractivity contribution in [2.24, 2.45) is 0 Å². The zero-order chi connectivity index (χ0) is 17.5. The van der Waals surface area contributed by atoms with Crippen LogP contribution in [0.3, 0.4) is 0 Å². The maximum Gasteiger partial charge on any atom is 0.104 e. The lowest BCUT2D eigenvalue weighted by molar-refractivity contribution is -0.941. The number of nitrogens with zero attached hydrogens (tertiary/aromatic N) is 1. The van der Waals surface area contributed by atoms with Crippen LogP contribution in [0.1, 0.15) is 90.5 Å². The Bertz CT molecular complexity index is 384. The summed E-state index contributed by atoms with van der Waals surface area (Å²) in [6, 6.07) is 11.1. The maximum atomic E-state index is 2.35. The van der Waals surface area contributed by atoms with Crippen LogP contribution in [0.4, 0.5) is 0 Å². The van der Waals surface area contributed by atoms with Crippen LogP contribution in [0.2, 0.25) is 0 Å². The average Bonchev–Trinajstić information content (AvgIpc) is 2.59. The van der Waals surface area contributed by atoms with E-state index in [2.05, 4.69) is 51.1 Å². The Morgan fingerprint density at radius 3 is 1.64 bits per heavy atom. The van der Waals surface area contributed by atoms with Gasteiger partial charge in [-0.3, -0.25) is 0 Å². The van der Waals surface area contributed by atoms with E-state index in [-0.39, 0.29) is 5.48 Å². The van der Waals surface area contributed by atoms with Gasteiger partial charge in [-0.05, 0) is 25.7 Å². The molecule has 1 N–H and O–H groups in total. The van der Waals surface area contributed by atoms with Gasteiger partial charge in [0.25, 0.3) is 0 Å². The molecular weight excluding hydrogens is 306 g/mol. The Kier molecular flexibility index (Phi) is 14.9. The molecule has 0 radical (unpaired) electrons. The second kappa shape index (κ2) is 15.4. The Labute approximate surface area is 157 Å². The standard InChI is InChI=1S/C23H42N.H2O/c1-4-7-8-9-10-11-12-16-21-24(19-5-2,20-6-3)22-23-17-14-13-15-18-23;/h13-15,17-18H,4-12,16,19-22H2,1-3H3;1H2/q+1;/p-1. The number of benzene rings is 1. The van der Waals surface area contributed by atoms with Crippen LogP contribution >= 0.6 is 0 Å². The van der Waals surface area contributed by atoms with Crippen molar-refractivity contribution >= 4 is 0 Å². The maximum absolute atomic E-state index is 2.35. The molecule has 0 unspecified atom stereocenters. The molecule has 2 heteroatoms. The van der Waals surface area contributed by atoms with Gasteiger partial charge in [0.05, 0.1) is 19.6 Å². The third-order valence-corrected chi connectivity index (χ3v) is 5.24. The molecule has 0 heterocycles. The van der Waals surface area contributed by atoms with Gasteiger partial charge < -0.3 is 9.96 Å². The monoisotopic (exact) mass is 349 g/mol. The molecule has 0 fully saturated rings. The van der Waals surface area contributed by atoms with Gasteiger partial charge in [0.15, 0.2) is 0 Å². The summed E-state index contributed by atoms with van der Waals surface area (Å²) in [4.78, 5) is 0. The molecule has 0 saturated carbocycles. The summed E-state index contributed by atoms with van der Waals surface area (Å²) in [6.07, 6.45) is 14.0. The first-order chi connectivity index (χ1) is 11.8. The molecule has 0 aliphatic heterocycles.